The third-order valence-corrected chi connectivity index (χ3v) is 3.19. The molecule has 1 saturated heterocycles. The lowest BCUT2D eigenvalue weighted by molar-refractivity contribution is 0.136. The fourth-order valence-corrected chi connectivity index (χ4v) is 2.17. The highest BCUT2D eigenvalue weighted by atomic mass is 16.7. The molecule has 1 amide bonds. The van der Waals surface area contributed by atoms with Crippen LogP contribution in [0.5, 0.6) is 11.5 Å². The van der Waals surface area contributed by atoms with Gasteiger partial charge in [0.05, 0.1) is 0 Å². The molecule has 2 N–H and O–H groups in total. The molecule has 19 heavy (non-hydrogen) atoms. The van der Waals surface area contributed by atoms with Crippen LogP contribution in [0.4, 0.5) is 4.79 Å². The van der Waals surface area contributed by atoms with Gasteiger partial charge in [0, 0.05) is 12.6 Å². The molecular formula is C13H16N2O4. The van der Waals surface area contributed by atoms with Gasteiger partial charge in [0.1, 0.15) is 6.61 Å². The van der Waals surface area contributed by atoms with Crippen molar-refractivity contribution >= 4 is 6.09 Å². The quantitative estimate of drug-likeness (QED) is 0.852. The zero-order valence-electron chi connectivity index (χ0n) is 10.5. The van der Waals surface area contributed by atoms with Crippen molar-refractivity contribution in [3.63, 3.8) is 0 Å². The Labute approximate surface area is 111 Å². The zero-order valence-corrected chi connectivity index (χ0v) is 10.5. The van der Waals surface area contributed by atoms with Crippen molar-refractivity contribution in [2.24, 2.45) is 0 Å². The maximum absolute atomic E-state index is 11.6. The monoisotopic (exact) mass is 264 g/mol. The summed E-state index contributed by atoms with van der Waals surface area (Å²) in [6.07, 6.45) is 0.561. The highest BCUT2D eigenvalue weighted by molar-refractivity contribution is 5.67. The van der Waals surface area contributed by atoms with E-state index in [1.807, 2.05) is 18.2 Å². The van der Waals surface area contributed by atoms with Crippen molar-refractivity contribution in [2.75, 3.05) is 19.9 Å². The Bertz CT molecular complexity index is 472. The SMILES string of the molecule is O=C(NC1CCNC1)OCc1ccc2c(c1)OCO2. The van der Waals surface area contributed by atoms with Gasteiger partial charge in [-0.15, -0.1) is 0 Å². The first-order valence-corrected chi connectivity index (χ1v) is 6.34. The molecule has 0 saturated carbocycles. The van der Waals surface area contributed by atoms with Gasteiger partial charge in [0.25, 0.3) is 0 Å². The number of hydrogen-bond donors (Lipinski definition) is 2. The van der Waals surface area contributed by atoms with Crippen molar-refractivity contribution in [1.82, 2.24) is 10.6 Å². The smallest absolute Gasteiger partial charge is 0.407 e. The topological polar surface area (TPSA) is 68.8 Å². The van der Waals surface area contributed by atoms with Crippen molar-refractivity contribution in [3.05, 3.63) is 23.8 Å². The van der Waals surface area contributed by atoms with Gasteiger partial charge in [0.15, 0.2) is 11.5 Å². The van der Waals surface area contributed by atoms with Crippen LogP contribution in [0.3, 0.4) is 0 Å². The van der Waals surface area contributed by atoms with E-state index in [2.05, 4.69) is 10.6 Å². The first-order chi connectivity index (χ1) is 9.31. The summed E-state index contributed by atoms with van der Waals surface area (Å²) in [4.78, 5) is 11.6. The first-order valence-electron chi connectivity index (χ1n) is 6.34. The lowest BCUT2D eigenvalue weighted by atomic mass is 10.2. The van der Waals surface area contributed by atoms with Crippen molar-refractivity contribution in [1.29, 1.82) is 0 Å². The lowest BCUT2D eigenvalue weighted by Gasteiger charge is -2.11. The Hall–Kier alpha value is -1.95. The minimum atomic E-state index is -0.383. The first kappa shape index (κ1) is 12.1. The molecule has 1 unspecified atom stereocenters. The van der Waals surface area contributed by atoms with Crippen LogP contribution < -0.4 is 20.1 Å². The van der Waals surface area contributed by atoms with Gasteiger partial charge in [-0.3, -0.25) is 0 Å². The van der Waals surface area contributed by atoms with Gasteiger partial charge in [-0.1, -0.05) is 6.07 Å². The predicted molar refractivity (Wildman–Crippen MR) is 67.2 cm³/mol. The number of carbonyl (C=O) groups excluding carboxylic acids is 1. The number of benzene rings is 1. The van der Waals surface area contributed by atoms with E-state index in [-0.39, 0.29) is 25.5 Å². The molecule has 0 radical (unpaired) electrons. The van der Waals surface area contributed by atoms with Gasteiger partial charge < -0.3 is 24.8 Å². The number of fused-ring (bicyclic) bond motifs is 1. The summed E-state index contributed by atoms with van der Waals surface area (Å²) >= 11 is 0. The maximum atomic E-state index is 11.6. The molecule has 0 bridgehead atoms. The number of carbonyl (C=O) groups is 1. The molecule has 3 rings (SSSR count). The average Bonchev–Trinajstić information content (AvgIpc) is 3.06. The molecule has 0 aliphatic carbocycles. The molecular weight excluding hydrogens is 248 g/mol. The van der Waals surface area contributed by atoms with Crippen molar-refractivity contribution < 1.29 is 19.0 Å². The molecule has 1 aromatic rings. The molecule has 1 aromatic carbocycles. The van der Waals surface area contributed by atoms with E-state index in [1.54, 1.807) is 0 Å². The standard InChI is InChI=1S/C13H16N2O4/c16-13(15-10-3-4-14-6-10)17-7-9-1-2-11-12(5-9)19-8-18-11/h1-2,5,10,14H,3-4,6-8H2,(H,15,16). The van der Waals surface area contributed by atoms with Crippen molar-refractivity contribution in [2.45, 2.75) is 19.1 Å². The Morgan fingerprint density at radius 2 is 2.32 bits per heavy atom. The third kappa shape index (κ3) is 2.90. The van der Waals surface area contributed by atoms with Gasteiger partial charge in [-0.05, 0) is 30.7 Å². The summed E-state index contributed by atoms with van der Waals surface area (Å²) in [5, 5.41) is 6.00. The van der Waals surface area contributed by atoms with E-state index in [1.165, 1.54) is 0 Å². The molecule has 2 heterocycles. The number of rotatable bonds is 3. The molecule has 1 atom stereocenters. The minimum absolute atomic E-state index is 0.171. The molecule has 1 fully saturated rings. The molecule has 2 aliphatic heterocycles. The number of ether oxygens (including phenoxy) is 3. The summed E-state index contributed by atoms with van der Waals surface area (Å²) in [6, 6.07) is 5.68. The Balaban J connectivity index is 1.50. The third-order valence-electron chi connectivity index (χ3n) is 3.19. The normalized spacial score (nSPS) is 20.3. The Morgan fingerprint density at radius 1 is 1.42 bits per heavy atom. The second-order valence-electron chi connectivity index (χ2n) is 4.60. The molecule has 0 spiro atoms. The summed E-state index contributed by atoms with van der Waals surface area (Å²) in [7, 11) is 0. The predicted octanol–water partition coefficient (Wildman–Crippen LogP) is 1.00. The van der Waals surface area contributed by atoms with Gasteiger partial charge >= 0.3 is 6.09 Å². The summed E-state index contributed by atoms with van der Waals surface area (Å²) in [6.45, 7) is 2.21. The fraction of sp³-hybridized carbons (Fsp3) is 0.462. The van der Waals surface area contributed by atoms with E-state index < -0.39 is 0 Å². The molecule has 2 aliphatic rings. The second kappa shape index (κ2) is 5.36. The van der Waals surface area contributed by atoms with Gasteiger partial charge in [0.2, 0.25) is 6.79 Å². The average molecular weight is 264 g/mol. The van der Waals surface area contributed by atoms with Crippen LogP contribution in [-0.4, -0.2) is 32.0 Å². The second-order valence-corrected chi connectivity index (χ2v) is 4.60. The van der Waals surface area contributed by atoms with E-state index in [0.29, 0.717) is 5.75 Å². The maximum Gasteiger partial charge on any atom is 0.407 e. The minimum Gasteiger partial charge on any atom is -0.454 e. The molecule has 6 nitrogen and oxygen atoms in total. The van der Waals surface area contributed by atoms with Gasteiger partial charge in [-0.25, -0.2) is 4.79 Å². The Morgan fingerprint density at radius 3 is 3.16 bits per heavy atom. The summed E-state index contributed by atoms with van der Waals surface area (Å²) in [5.41, 5.74) is 0.879. The fourth-order valence-electron chi connectivity index (χ4n) is 2.17. The van der Waals surface area contributed by atoms with E-state index >= 15 is 0 Å². The molecule has 0 aromatic heterocycles. The van der Waals surface area contributed by atoms with Crippen LogP contribution in [0, 0.1) is 0 Å². The van der Waals surface area contributed by atoms with E-state index in [9.17, 15) is 4.79 Å². The summed E-state index contributed by atoms with van der Waals surface area (Å²) < 4.78 is 15.7. The largest absolute Gasteiger partial charge is 0.454 e. The number of amides is 1. The number of alkyl carbamates (subject to hydrolysis) is 1. The van der Waals surface area contributed by atoms with Gasteiger partial charge in [-0.2, -0.15) is 0 Å². The van der Waals surface area contributed by atoms with E-state index in [0.717, 1.165) is 30.8 Å². The van der Waals surface area contributed by atoms with Crippen LogP contribution in [0.15, 0.2) is 18.2 Å². The van der Waals surface area contributed by atoms with Crippen LogP contribution >= 0.6 is 0 Å². The Kier molecular flexibility index (Phi) is 3.41. The van der Waals surface area contributed by atoms with Crippen molar-refractivity contribution in [3.8, 4) is 11.5 Å². The molecule has 6 heteroatoms. The zero-order chi connectivity index (χ0) is 13.1. The number of nitrogens with one attached hydrogen (secondary N) is 2. The van der Waals surface area contributed by atoms with E-state index in [4.69, 9.17) is 14.2 Å². The van der Waals surface area contributed by atoms with Crippen LogP contribution in [0.25, 0.3) is 0 Å². The number of hydrogen-bond acceptors (Lipinski definition) is 5. The van der Waals surface area contributed by atoms with Crippen LogP contribution in [-0.2, 0) is 11.3 Å². The van der Waals surface area contributed by atoms with Crippen LogP contribution in [0.1, 0.15) is 12.0 Å². The van der Waals surface area contributed by atoms with Crippen LogP contribution in [0.2, 0.25) is 0 Å². The lowest BCUT2D eigenvalue weighted by Crippen LogP contribution is -2.36. The molecule has 102 valence electrons. The highest BCUT2D eigenvalue weighted by Gasteiger charge is 2.18. The summed E-state index contributed by atoms with van der Waals surface area (Å²) in [5.74, 6) is 1.42. The highest BCUT2D eigenvalue weighted by Crippen LogP contribution is 2.32.